The SMILES string of the molecule is CC(C)[C@@H](OC(=O)CCC(=O)c1ccc(Cl)s1)C(=O)NC(N)=O. The lowest BCUT2D eigenvalue weighted by atomic mass is 10.1. The second-order valence-electron chi connectivity index (χ2n) is 5.03. The van der Waals surface area contributed by atoms with Gasteiger partial charge in [-0.15, -0.1) is 11.3 Å². The maximum Gasteiger partial charge on any atom is 0.318 e. The fraction of sp³-hybridized carbons (Fsp3) is 0.429. The minimum atomic E-state index is -1.15. The van der Waals surface area contributed by atoms with Crippen molar-refractivity contribution in [2.24, 2.45) is 11.7 Å². The number of ketones is 1. The van der Waals surface area contributed by atoms with Gasteiger partial charge >= 0.3 is 12.0 Å². The first-order valence-electron chi connectivity index (χ1n) is 6.79. The minimum absolute atomic E-state index is 0.0576. The van der Waals surface area contributed by atoms with Crippen LogP contribution in [0, 0.1) is 5.92 Å². The second kappa shape index (κ2) is 8.64. The molecule has 0 unspecified atom stereocenters. The summed E-state index contributed by atoms with van der Waals surface area (Å²) in [7, 11) is 0. The number of Topliss-reactive ketones (excluding diaryl/α,β-unsaturated/α-hetero) is 1. The summed E-state index contributed by atoms with van der Waals surface area (Å²) in [5.74, 6) is -2.09. The Labute approximate surface area is 142 Å². The molecule has 1 aromatic rings. The molecule has 0 bridgehead atoms. The van der Waals surface area contributed by atoms with Crippen molar-refractivity contribution in [3.63, 3.8) is 0 Å². The van der Waals surface area contributed by atoms with Crippen LogP contribution in [0.2, 0.25) is 4.34 Å². The number of nitrogens with one attached hydrogen (secondary N) is 1. The summed E-state index contributed by atoms with van der Waals surface area (Å²) in [5, 5.41) is 1.87. The Morgan fingerprint density at radius 2 is 1.91 bits per heavy atom. The number of imide groups is 1. The van der Waals surface area contributed by atoms with E-state index < -0.39 is 24.0 Å². The molecule has 0 aliphatic heterocycles. The molecular formula is C14H17ClN2O5S. The summed E-state index contributed by atoms with van der Waals surface area (Å²) < 4.78 is 5.52. The maximum absolute atomic E-state index is 11.9. The molecule has 9 heteroatoms. The van der Waals surface area contributed by atoms with E-state index in [0.717, 1.165) is 11.3 Å². The van der Waals surface area contributed by atoms with Crippen LogP contribution in [0.4, 0.5) is 4.79 Å². The van der Waals surface area contributed by atoms with Crippen LogP contribution in [-0.2, 0) is 14.3 Å². The van der Waals surface area contributed by atoms with E-state index >= 15 is 0 Å². The molecule has 0 aromatic carbocycles. The van der Waals surface area contributed by atoms with Crippen LogP contribution >= 0.6 is 22.9 Å². The van der Waals surface area contributed by atoms with Gasteiger partial charge in [-0.2, -0.15) is 0 Å². The highest BCUT2D eigenvalue weighted by Crippen LogP contribution is 2.23. The van der Waals surface area contributed by atoms with Gasteiger partial charge in [0.1, 0.15) is 0 Å². The maximum atomic E-state index is 11.9. The lowest BCUT2D eigenvalue weighted by Gasteiger charge is -2.19. The smallest absolute Gasteiger partial charge is 0.318 e. The van der Waals surface area contributed by atoms with Gasteiger partial charge < -0.3 is 10.5 Å². The van der Waals surface area contributed by atoms with Gasteiger partial charge in [0.15, 0.2) is 11.9 Å². The minimum Gasteiger partial charge on any atom is -0.452 e. The number of ether oxygens (including phenoxy) is 1. The highest BCUT2D eigenvalue weighted by molar-refractivity contribution is 7.18. The Hall–Kier alpha value is -1.93. The molecule has 0 radical (unpaired) electrons. The number of hydrogen-bond acceptors (Lipinski definition) is 6. The number of carbonyl (C=O) groups excluding carboxylic acids is 4. The predicted molar refractivity (Wildman–Crippen MR) is 85.3 cm³/mol. The van der Waals surface area contributed by atoms with E-state index in [4.69, 9.17) is 22.1 Å². The van der Waals surface area contributed by atoms with Gasteiger partial charge in [0, 0.05) is 6.42 Å². The van der Waals surface area contributed by atoms with Gasteiger partial charge in [0.25, 0.3) is 5.91 Å². The quantitative estimate of drug-likeness (QED) is 0.570. The molecule has 0 spiro atoms. The molecule has 3 N–H and O–H groups in total. The van der Waals surface area contributed by atoms with Crippen LogP contribution in [-0.4, -0.2) is 29.8 Å². The summed E-state index contributed by atoms with van der Waals surface area (Å²) in [6.45, 7) is 3.30. The number of urea groups is 1. The van der Waals surface area contributed by atoms with Gasteiger partial charge in [-0.05, 0) is 18.1 Å². The molecule has 1 atom stereocenters. The van der Waals surface area contributed by atoms with Crippen molar-refractivity contribution in [3.8, 4) is 0 Å². The van der Waals surface area contributed by atoms with Crippen LogP contribution in [0.3, 0.4) is 0 Å². The van der Waals surface area contributed by atoms with Crippen molar-refractivity contribution >= 4 is 46.6 Å². The van der Waals surface area contributed by atoms with E-state index in [1.54, 1.807) is 26.0 Å². The molecule has 0 saturated carbocycles. The molecule has 0 aliphatic carbocycles. The van der Waals surface area contributed by atoms with Gasteiger partial charge in [-0.1, -0.05) is 25.4 Å². The standard InChI is InChI=1S/C14H17ClN2O5S/c1-7(2)12(13(20)17-14(16)21)22-11(19)6-3-8(18)9-4-5-10(15)23-9/h4-5,7,12H,3,6H2,1-2H3,(H3,16,17,20,21)/t12-/m1/s1. The monoisotopic (exact) mass is 360 g/mol. The van der Waals surface area contributed by atoms with Crippen molar-refractivity contribution in [3.05, 3.63) is 21.3 Å². The highest BCUT2D eigenvalue weighted by Gasteiger charge is 2.27. The highest BCUT2D eigenvalue weighted by atomic mass is 35.5. The molecule has 126 valence electrons. The van der Waals surface area contributed by atoms with Crippen molar-refractivity contribution in [1.29, 1.82) is 0 Å². The van der Waals surface area contributed by atoms with E-state index in [1.165, 1.54) is 0 Å². The third-order valence-electron chi connectivity index (χ3n) is 2.77. The van der Waals surface area contributed by atoms with E-state index in [9.17, 15) is 19.2 Å². The van der Waals surface area contributed by atoms with E-state index in [2.05, 4.69) is 0 Å². The van der Waals surface area contributed by atoms with Crippen molar-refractivity contribution in [1.82, 2.24) is 5.32 Å². The van der Waals surface area contributed by atoms with Gasteiger partial charge in [0.2, 0.25) is 0 Å². The number of carbonyl (C=O) groups is 4. The molecule has 1 aromatic heterocycles. The lowest BCUT2D eigenvalue weighted by Crippen LogP contribution is -2.45. The third-order valence-corrected chi connectivity index (χ3v) is 4.05. The number of primary amides is 1. The number of amides is 3. The van der Waals surface area contributed by atoms with Crippen LogP contribution < -0.4 is 11.1 Å². The number of esters is 1. The number of hydrogen-bond donors (Lipinski definition) is 2. The van der Waals surface area contributed by atoms with Crippen molar-refractivity contribution < 1.29 is 23.9 Å². The molecule has 1 rings (SSSR count). The lowest BCUT2D eigenvalue weighted by molar-refractivity contribution is -0.158. The predicted octanol–water partition coefficient (Wildman–Crippen LogP) is 2.13. The van der Waals surface area contributed by atoms with Gasteiger partial charge in [0.05, 0.1) is 15.6 Å². The second-order valence-corrected chi connectivity index (χ2v) is 6.75. The molecule has 1 heterocycles. The molecule has 0 saturated heterocycles. The number of rotatable bonds is 7. The molecule has 0 aliphatic rings. The first kappa shape index (κ1) is 19.1. The first-order chi connectivity index (χ1) is 10.7. The number of nitrogens with two attached hydrogens (primary N) is 1. The molecule has 23 heavy (non-hydrogen) atoms. The average molecular weight is 361 g/mol. The Kier molecular flexibility index (Phi) is 7.18. The topological polar surface area (TPSA) is 116 Å². The Morgan fingerprint density at radius 1 is 1.26 bits per heavy atom. The van der Waals surface area contributed by atoms with Crippen molar-refractivity contribution in [2.45, 2.75) is 32.8 Å². The average Bonchev–Trinajstić information content (AvgIpc) is 2.87. The summed E-state index contributed by atoms with van der Waals surface area (Å²) in [6, 6.07) is 2.15. The third kappa shape index (κ3) is 6.37. The summed E-state index contributed by atoms with van der Waals surface area (Å²) in [6.07, 6.45) is -1.39. The number of halogens is 1. The molecule has 7 nitrogen and oxygen atoms in total. The van der Waals surface area contributed by atoms with Crippen LogP contribution in [0.1, 0.15) is 36.4 Å². The first-order valence-corrected chi connectivity index (χ1v) is 7.98. The van der Waals surface area contributed by atoms with Gasteiger partial charge in [-0.3, -0.25) is 19.7 Å². The van der Waals surface area contributed by atoms with Gasteiger partial charge in [-0.25, -0.2) is 4.79 Å². The number of thiophene rings is 1. The molecule has 3 amide bonds. The van der Waals surface area contributed by atoms with Crippen LogP contribution in [0.15, 0.2) is 12.1 Å². The summed E-state index contributed by atoms with van der Waals surface area (Å²) in [4.78, 5) is 46.5. The fourth-order valence-corrected chi connectivity index (χ4v) is 2.70. The normalized spacial score (nSPS) is 11.8. The van der Waals surface area contributed by atoms with E-state index in [1.807, 2.05) is 5.32 Å². The zero-order valence-electron chi connectivity index (χ0n) is 12.6. The Morgan fingerprint density at radius 3 is 2.39 bits per heavy atom. The van der Waals surface area contributed by atoms with Crippen LogP contribution in [0.5, 0.6) is 0 Å². The van der Waals surface area contributed by atoms with E-state index in [0.29, 0.717) is 9.21 Å². The zero-order valence-corrected chi connectivity index (χ0v) is 14.2. The van der Waals surface area contributed by atoms with Crippen molar-refractivity contribution in [2.75, 3.05) is 0 Å². The fourth-order valence-electron chi connectivity index (χ4n) is 1.69. The largest absolute Gasteiger partial charge is 0.452 e. The molecule has 0 fully saturated rings. The summed E-state index contributed by atoms with van der Waals surface area (Å²) in [5.41, 5.74) is 4.86. The molecular weight excluding hydrogens is 344 g/mol. The zero-order chi connectivity index (χ0) is 17.6. The van der Waals surface area contributed by atoms with Crippen LogP contribution in [0.25, 0.3) is 0 Å². The Bertz CT molecular complexity index is 614. The summed E-state index contributed by atoms with van der Waals surface area (Å²) >= 11 is 6.87. The van der Waals surface area contributed by atoms with E-state index in [-0.39, 0.29) is 24.5 Å². The Balaban J connectivity index is 2.54.